The van der Waals surface area contributed by atoms with Crippen molar-refractivity contribution in [3.63, 3.8) is 0 Å². The van der Waals surface area contributed by atoms with E-state index in [1.165, 1.54) is 12.4 Å². The summed E-state index contributed by atoms with van der Waals surface area (Å²) in [5.41, 5.74) is -1.65. The average molecular weight is 370 g/mol. The summed E-state index contributed by atoms with van der Waals surface area (Å²) < 4.78 is 56.8. The van der Waals surface area contributed by atoms with E-state index in [0.717, 1.165) is 6.07 Å². The fourth-order valence-electron chi connectivity index (χ4n) is 2.45. The molecule has 2 aromatic rings. The third-order valence-corrected chi connectivity index (χ3v) is 3.75. The molecule has 0 bridgehead atoms. The van der Waals surface area contributed by atoms with Gasteiger partial charge >= 0.3 is 6.18 Å². The van der Waals surface area contributed by atoms with Gasteiger partial charge in [-0.25, -0.2) is 14.4 Å². The Labute approximate surface area is 145 Å². The molecule has 1 aromatic carbocycles. The summed E-state index contributed by atoms with van der Waals surface area (Å²) in [6.45, 7) is 2.26. The van der Waals surface area contributed by atoms with Crippen molar-refractivity contribution in [2.24, 2.45) is 0 Å². The first kappa shape index (κ1) is 18.1. The zero-order valence-corrected chi connectivity index (χ0v) is 13.4. The van der Waals surface area contributed by atoms with Gasteiger partial charge in [0.15, 0.2) is 0 Å². The Morgan fingerprint density at radius 2 is 1.88 bits per heavy atom. The topological polar surface area (TPSA) is 67.4 Å². The lowest BCUT2D eigenvalue weighted by atomic mass is 10.1. The number of hydrogen-bond acceptors (Lipinski definition) is 5. The summed E-state index contributed by atoms with van der Waals surface area (Å²) in [6, 6.07) is 3.68. The van der Waals surface area contributed by atoms with E-state index in [4.69, 9.17) is 4.74 Å². The zero-order chi connectivity index (χ0) is 18.7. The summed E-state index contributed by atoms with van der Waals surface area (Å²) in [6.07, 6.45) is -3.66. The quantitative estimate of drug-likeness (QED) is 0.842. The van der Waals surface area contributed by atoms with E-state index >= 15 is 0 Å². The van der Waals surface area contributed by atoms with Gasteiger partial charge in [0.05, 0.1) is 18.8 Å². The maximum Gasteiger partial charge on any atom is 0.419 e. The summed E-state index contributed by atoms with van der Waals surface area (Å²) in [4.78, 5) is 22.1. The number of nitrogens with one attached hydrogen (secondary N) is 1. The number of carbonyl (C=O) groups excluding carboxylic acids is 1. The second kappa shape index (κ2) is 7.24. The monoisotopic (exact) mass is 370 g/mol. The highest BCUT2D eigenvalue weighted by Gasteiger charge is 2.34. The fraction of sp³-hybridized carbons (Fsp3) is 0.312. The van der Waals surface area contributed by atoms with Crippen molar-refractivity contribution >= 4 is 17.4 Å². The van der Waals surface area contributed by atoms with Crippen LogP contribution in [0.4, 0.5) is 29.1 Å². The minimum Gasteiger partial charge on any atom is -0.378 e. The number of morpholine rings is 1. The lowest BCUT2D eigenvalue weighted by Gasteiger charge is -2.27. The third kappa shape index (κ3) is 4.07. The summed E-state index contributed by atoms with van der Waals surface area (Å²) in [5, 5.41) is 2.29. The molecule has 6 nitrogen and oxygen atoms in total. The molecule has 1 saturated heterocycles. The lowest BCUT2D eigenvalue weighted by Crippen LogP contribution is -2.37. The van der Waals surface area contributed by atoms with Crippen LogP contribution in [0.25, 0.3) is 0 Å². The van der Waals surface area contributed by atoms with Crippen molar-refractivity contribution in [3.8, 4) is 0 Å². The highest BCUT2D eigenvalue weighted by Crippen LogP contribution is 2.33. The van der Waals surface area contributed by atoms with E-state index < -0.39 is 23.5 Å². The number of nitrogens with zero attached hydrogens (tertiary/aromatic N) is 3. The summed E-state index contributed by atoms with van der Waals surface area (Å²) >= 11 is 0. The number of rotatable bonds is 3. The Morgan fingerprint density at radius 3 is 2.58 bits per heavy atom. The van der Waals surface area contributed by atoms with Gasteiger partial charge in [0.1, 0.15) is 23.7 Å². The van der Waals surface area contributed by atoms with Crippen LogP contribution < -0.4 is 10.2 Å². The van der Waals surface area contributed by atoms with E-state index in [1.54, 1.807) is 0 Å². The SMILES string of the molecule is O=C(Nc1ccc(F)c(C(F)(F)F)c1)c1cc(N2CCOCC2)ncn1. The van der Waals surface area contributed by atoms with Crippen LogP contribution in [0.3, 0.4) is 0 Å². The normalized spacial score (nSPS) is 15.0. The van der Waals surface area contributed by atoms with Crippen molar-refractivity contribution in [3.05, 3.63) is 47.7 Å². The number of anilines is 2. The summed E-state index contributed by atoms with van der Waals surface area (Å²) in [5.74, 6) is -1.61. The molecular formula is C16H14F4N4O2. The molecule has 0 saturated carbocycles. The average Bonchev–Trinajstić information content (AvgIpc) is 2.63. The van der Waals surface area contributed by atoms with Gasteiger partial charge in [0.2, 0.25) is 0 Å². The number of halogens is 4. The van der Waals surface area contributed by atoms with Crippen LogP contribution >= 0.6 is 0 Å². The second-order valence-corrected chi connectivity index (χ2v) is 5.51. The number of aromatic nitrogens is 2. The van der Waals surface area contributed by atoms with Crippen LogP contribution in [-0.2, 0) is 10.9 Å². The van der Waals surface area contributed by atoms with Gasteiger partial charge in [-0.15, -0.1) is 0 Å². The van der Waals surface area contributed by atoms with Gasteiger partial charge in [0, 0.05) is 24.8 Å². The van der Waals surface area contributed by atoms with Crippen LogP contribution in [0.15, 0.2) is 30.6 Å². The van der Waals surface area contributed by atoms with Crippen molar-refractivity contribution in [1.82, 2.24) is 9.97 Å². The molecule has 1 fully saturated rings. The van der Waals surface area contributed by atoms with Crippen LogP contribution in [0.2, 0.25) is 0 Å². The molecule has 1 aliphatic heterocycles. The summed E-state index contributed by atoms with van der Waals surface area (Å²) in [7, 11) is 0. The Hall–Kier alpha value is -2.75. The number of hydrogen-bond donors (Lipinski definition) is 1. The van der Waals surface area contributed by atoms with Crippen molar-refractivity contribution < 1.29 is 27.1 Å². The lowest BCUT2D eigenvalue weighted by molar-refractivity contribution is -0.139. The molecule has 0 radical (unpaired) electrons. The van der Waals surface area contributed by atoms with Crippen molar-refractivity contribution in [1.29, 1.82) is 0 Å². The standard InChI is InChI=1S/C16H14F4N4O2/c17-12-2-1-10(7-11(12)16(18,19)20)23-15(25)13-8-14(22-9-21-13)24-3-5-26-6-4-24/h1-2,7-9H,3-6H2,(H,23,25). The molecular weight excluding hydrogens is 356 g/mol. The van der Waals surface area contributed by atoms with Gasteiger partial charge in [-0.1, -0.05) is 0 Å². The molecule has 26 heavy (non-hydrogen) atoms. The number of benzene rings is 1. The van der Waals surface area contributed by atoms with Crippen LogP contribution in [0, 0.1) is 5.82 Å². The molecule has 0 aliphatic carbocycles. The van der Waals surface area contributed by atoms with Gasteiger partial charge in [0.25, 0.3) is 5.91 Å². The molecule has 0 unspecified atom stereocenters. The number of ether oxygens (including phenoxy) is 1. The first-order valence-corrected chi connectivity index (χ1v) is 7.67. The highest BCUT2D eigenvalue weighted by molar-refractivity contribution is 6.03. The number of carbonyl (C=O) groups is 1. The zero-order valence-electron chi connectivity index (χ0n) is 13.4. The molecule has 1 N–H and O–H groups in total. The first-order chi connectivity index (χ1) is 12.3. The van der Waals surface area contributed by atoms with E-state index in [0.29, 0.717) is 44.3 Å². The van der Waals surface area contributed by atoms with Crippen molar-refractivity contribution in [2.45, 2.75) is 6.18 Å². The first-order valence-electron chi connectivity index (χ1n) is 7.67. The maximum atomic E-state index is 13.3. The number of amides is 1. The number of alkyl halides is 3. The van der Waals surface area contributed by atoms with Crippen molar-refractivity contribution in [2.75, 3.05) is 36.5 Å². The second-order valence-electron chi connectivity index (χ2n) is 5.51. The molecule has 1 amide bonds. The third-order valence-electron chi connectivity index (χ3n) is 3.75. The molecule has 138 valence electrons. The van der Waals surface area contributed by atoms with Gasteiger partial charge in [-0.2, -0.15) is 13.2 Å². The van der Waals surface area contributed by atoms with E-state index in [2.05, 4.69) is 15.3 Å². The van der Waals surface area contributed by atoms with E-state index in [1.807, 2.05) is 4.90 Å². The molecule has 2 heterocycles. The fourth-order valence-corrected chi connectivity index (χ4v) is 2.45. The molecule has 0 atom stereocenters. The largest absolute Gasteiger partial charge is 0.419 e. The Balaban J connectivity index is 1.78. The van der Waals surface area contributed by atoms with E-state index in [-0.39, 0.29) is 11.4 Å². The van der Waals surface area contributed by atoms with E-state index in [9.17, 15) is 22.4 Å². The van der Waals surface area contributed by atoms with Crippen LogP contribution in [0.5, 0.6) is 0 Å². The minimum atomic E-state index is -4.86. The van der Waals surface area contributed by atoms with Gasteiger partial charge in [-0.05, 0) is 18.2 Å². The smallest absolute Gasteiger partial charge is 0.378 e. The van der Waals surface area contributed by atoms with Gasteiger partial charge < -0.3 is 15.0 Å². The predicted molar refractivity (Wildman–Crippen MR) is 84.4 cm³/mol. The highest BCUT2D eigenvalue weighted by atomic mass is 19.4. The van der Waals surface area contributed by atoms with Crippen LogP contribution in [0.1, 0.15) is 16.1 Å². The predicted octanol–water partition coefficient (Wildman–Crippen LogP) is 2.72. The molecule has 3 rings (SSSR count). The molecule has 1 aromatic heterocycles. The van der Waals surface area contributed by atoms with Gasteiger partial charge in [-0.3, -0.25) is 4.79 Å². The molecule has 0 spiro atoms. The maximum absolute atomic E-state index is 13.3. The molecule has 1 aliphatic rings. The minimum absolute atomic E-state index is 0.0145. The van der Waals surface area contributed by atoms with Crippen LogP contribution in [-0.4, -0.2) is 42.2 Å². The Morgan fingerprint density at radius 1 is 1.15 bits per heavy atom. The Kier molecular flexibility index (Phi) is 5.03. The Bertz CT molecular complexity index is 807. The molecule has 10 heteroatoms.